The maximum Gasteiger partial charge on any atom is 0.255 e. The lowest BCUT2D eigenvalue weighted by Crippen LogP contribution is -2.25. The Balaban J connectivity index is 1.44. The number of para-hydroxylation sites is 1. The highest BCUT2D eigenvalue weighted by atomic mass is 16.5. The van der Waals surface area contributed by atoms with Crippen LogP contribution in [0.1, 0.15) is 34.3 Å². The highest BCUT2D eigenvalue weighted by molar-refractivity contribution is 6.04. The normalized spacial score (nSPS) is 13.1. The molecule has 0 unspecified atom stereocenters. The Morgan fingerprint density at radius 1 is 0.935 bits per heavy atom. The van der Waals surface area contributed by atoms with Gasteiger partial charge >= 0.3 is 0 Å². The second-order valence-corrected chi connectivity index (χ2v) is 7.83. The number of methoxy groups -OCH3 is 2. The standard InChI is InChI=1S/C26H28N2O3/c1-30-24-14-15-25(31-2)21(16-24)18-28(23-12-13-23)17-19-8-10-20(11-9-19)26(29)27-22-6-4-3-5-7-22/h3-11,14-16,23H,12-13,17-18H2,1-2H3,(H,27,29). The molecule has 0 aromatic heterocycles. The lowest BCUT2D eigenvalue weighted by atomic mass is 10.1. The van der Waals surface area contributed by atoms with Gasteiger partial charge in [-0.2, -0.15) is 0 Å². The lowest BCUT2D eigenvalue weighted by Gasteiger charge is -2.23. The van der Waals surface area contributed by atoms with E-state index in [2.05, 4.69) is 10.2 Å². The van der Waals surface area contributed by atoms with Crippen molar-refractivity contribution in [3.8, 4) is 11.5 Å². The van der Waals surface area contributed by atoms with Gasteiger partial charge in [-0.25, -0.2) is 0 Å². The number of anilines is 1. The van der Waals surface area contributed by atoms with Crippen molar-refractivity contribution in [3.05, 3.63) is 89.5 Å². The van der Waals surface area contributed by atoms with Gasteiger partial charge in [0.15, 0.2) is 0 Å². The summed E-state index contributed by atoms with van der Waals surface area (Å²) < 4.78 is 11.0. The summed E-state index contributed by atoms with van der Waals surface area (Å²) >= 11 is 0. The first-order valence-electron chi connectivity index (χ1n) is 10.6. The van der Waals surface area contributed by atoms with Crippen LogP contribution in [0.25, 0.3) is 0 Å². The van der Waals surface area contributed by atoms with Crippen molar-refractivity contribution < 1.29 is 14.3 Å². The number of ether oxygens (including phenoxy) is 2. The van der Waals surface area contributed by atoms with Gasteiger partial charge in [0.05, 0.1) is 14.2 Å². The van der Waals surface area contributed by atoms with E-state index in [1.807, 2.05) is 72.8 Å². The van der Waals surface area contributed by atoms with Crippen molar-refractivity contribution in [2.45, 2.75) is 32.0 Å². The molecule has 0 spiro atoms. The average molecular weight is 417 g/mol. The predicted octanol–water partition coefficient (Wildman–Crippen LogP) is 5.12. The molecule has 5 heteroatoms. The molecule has 160 valence electrons. The average Bonchev–Trinajstić information content (AvgIpc) is 3.65. The van der Waals surface area contributed by atoms with Crippen molar-refractivity contribution in [1.82, 2.24) is 4.90 Å². The molecule has 0 atom stereocenters. The molecule has 1 aliphatic rings. The third-order valence-corrected chi connectivity index (χ3v) is 5.56. The number of benzene rings is 3. The van der Waals surface area contributed by atoms with E-state index in [9.17, 15) is 4.79 Å². The Hall–Kier alpha value is -3.31. The van der Waals surface area contributed by atoms with Gasteiger partial charge in [0.2, 0.25) is 0 Å². The molecule has 0 aliphatic heterocycles. The minimum atomic E-state index is -0.0992. The number of hydrogen-bond acceptors (Lipinski definition) is 4. The van der Waals surface area contributed by atoms with Gasteiger partial charge in [0.25, 0.3) is 5.91 Å². The van der Waals surface area contributed by atoms with Crippen LogP contribution in [0, 0.1) is 0 Å². The van der Waals surface area contributed by atoms with Crippen molar-refractivity contribution in [2.75, 3.05) is 19.5 Å². The molecule has 0 radical (unpaired) electrons. The predicted molar refractivity (Wildman–Crippen MR) is 123 cm³/mol. The second-order valence-electron chi connectivity index (χ2n) is 7.83. The maximum atomic E-state index is 12.5. The summed E-state index contributed by atoms with van der Waals surface area (Å²) in [6.45, 7) is 1.62. The van der Waals surface area contributed by atoms with Crippen LogP contribution < -0.4 is 14.8 Å². The first-order chi connectivity index (χ1) is 15.2. The van der Waals surface area contributed by atoms with Gasteiger partial charge in [-0.15, -0.1) is 0 Å². The summed E-state index contributed by atoms with van der Waals surface area (Å²) in [7, 11) is 3.38. The third-order valence-electron chi connectivity index (χ3n) is 5.56. The number of rotatable bonds is 9. The van der Waals surface area contributed by atoms with Crippen LogP contribution in [0.2, 0.25) is 0 Å². The smallest absolute Gasteiger partial charge is 0.255 e. The largest absolute Gasteiger partial charge is 0.497 e. The van der Waals surface area contributed by atoms with E-state index in [1.165, 1.54) is 18.4 Å². The van der Waals surface area contributed by atoms with Crippen LogP contribution in [0.3, 0.4) is 0 Å². The van der Waals surface area contributed by atoms with Crippen molar-refractivity contribution in [3.63, 3.8) is 0 Å². The molecule has 5 nitrogen and oxygen atoms in total. The van der Waals surface area contributed by atoms with Gasteiger partial charge in [0.1, 0.15) is 11.5 Å². The quantitative estimate of drug-likeness (QED) is 0.526. The summed E-state index contributed by atoms with van der Waals surface area (Å²) in [6, 6.07) is 23.9. The Morgan fingerprint density at radius 3 is 2.32 bits per heavy atom. The van der Waals surface area contributed by atoms with Gasteiger partial charge in [-0.3, -0.25) is 9.69 Å². The topological polar surface area (TPSA) is 50.8 Å². The number of hydrogen-bond donors (Lipinski definition) is 1. The first kappa shape index (κ1) is 20.9. The van der Waals surface area contributed by atoms with Gasteiger partial charge < -0.3 is 14.8 Å². The van der Waals surface area contributed by atoms with E-state index in [4.69, 9.17) is 9.47 Å². The zero-order chi connectivity index (χ0) is 21.6. The number of nitrogens with one attached hydrogen (secondary N) is 1. The monoisotopic (exact) mass is 416 g/mol. The molecule has 0 heterocycles. The van der Waals surface area contributed by atoms with E-state index >= 15 is 0 Å². The van der Waals surface area contributed by atoms with Crippen molar-refractivity contribution in [2.24, 2.45) is 0 Å². The summed E-state index contributed by atoms with van der Waals surface area (Å²) in [4.78, 5) is 15.0. The summed E-state index contributed by atoms with van der Waals surface area (Å²) in [5.74, 6) is 1.61. The molecule has 1 N–H and O–H groups in total. The molecule has 1 fully saturated rings. The summed E-state index contributed by atoms with van der Waals surface area (Å²) in [5.41, 5.74) is 3.75. The van der Waals surface area contributed by atoms with Crippen LogP contribution in [-0.4, -0.2) is 31.1 Å². The summed E-state index contributed by atoms with van der Waals surface area (Å²) in [5, 5.41) is 2.93. The van der Waals surface area contributed by atoms with E-state index in [-0.39, 0.29) is 5.91 Å². The van der Waals surface area contributed by atoms with Gasteiger partial charge in [-0.1, -0.05) is 30.3 Å². The van der Waals surface area contributed by atoms with Crippen molar-refractivity contribution >= 4 is 11.6 Å². The van der Waals surface area contributed by atoms with Gasteiger partial charge in [-0.05, 0) is 60.9 Å². The highest BCUT2D eigenvalue weighted by Gasteiger charge is 2.29. The van der Waals surface area contributed by atoms with Crippen LogP contribution in [0.4, 0.5) is 5.69 Å². The van der Waals surface area contributed by atoms with E-state index in [0.717, 1.165) is 35.8 Å². The van der Waals surface area contributed by atoms with E-state index < -0.39 is 0 Å². The molecule has 1 saturated carbocycles. The third kappa shape index (κ3) is 5.44. The Morgan fingerprint density at radius 2 is 1.68 bits per heavy atom. The van der Waals surface area contributed by atoms with Crippen molar-refractivity contribution in [1.29, 1.82) is 0 Å². The summed E-state index contributed by atoms with van der Waals surface area (Å²) in [6.07, 6.45) is 2.42. The van der Waals surface area contributed by atoms with Crippen LogP contribution in [0.5, 0.6) is 11.5 Å². The fourth-order valence-electron chi connectivity index (χ4n) is 3.70. The molecule has 4 rings (SSSR count). The molecular formula is C26H28N2O3. The van der Waals surface area contributed by atoms with Crippen LogP contribution in [-0.2, 0) is 13.1 Å². The first-order valence-corrected chi connectivity index (χ1v) is 10.6. The maximum absolute atomic E-state index is 12.5. The number of nitrogens with zero attached hydrogens (tertiary/aromatic N) is 1. The fraction of sp³-hybridized carbons (Fsp3) is 0.269. The Kier molecular flexibility index (Phi) is 6.53. The molecule has 3 aromatic carbocycles. The minimum absolute atomic E-state index is 0.0992. The molecule has 1 aliphatic carbocycles. The Labute approximate surface area is 183 Å². The van der Waals surface area contributed by atoms with E-state index in [0.29, 0.717) is 11.6 Å². The van der Waals surface area contributed by atoms with Crippen LogP contribution in [0.15, 0.2) is 72.8 Å². The Bertz CT molecular complexity index is 1010. The molecule has 31 heavy (non-hydrogen) atoms. The fourth-order valence-corrected chi connectivity index (χ4v) is 3.70. The lowest BCUT2D eigenvalue weighted by molar-refractivity contribution is 0.102. The molecule has 3 aromatic rings. The molecule has 1 amide bonds. The van der Waals surface area contributed by atoms with Gasteiger partial charge in [0, 0.05) is 35.9 Å². The zero-order valence-corrected chi connectivity index (χ0v) is 18.0. The second kappa shape index (κ2) is 9.67. The molecule has 0 bridgehead atoms. The molecule has 0 saturated heterocycles. The molecular weight excluding hydrogens is 388 g/mol. The number of carbonyl (C=O) groups excluding carboxylic acids is 1. The minimum Gasteiger partial charge on any atom is -0.497 e. The van der Waals surface area contributed by atoms with E-state index in [1.54, 1.807) is 14.2 Å². The number of amides is 1. The highest BCUT2D eigenvalue weighted by Crippen LogP contribution is 2.33. The SMILES string of the molecule is COc1ccc(OC)c(CN(Cc2ccc(C(=O)Nc3ccccc3)cc2)C2CC2)c1. The number of carbonyl (C=O) groups is 1. The zero-order valence-electron chi connectivity index (χ0n) is 18.0. The van der Waals surface area contributed by atoms with Crippen LogP contribution >= 0.6 is 0 Å².